The van der Waals surface area contributed by atoms with Crippen LogP contribution in [0.2, 0.25) is 0 Å². The van der Waals surface area contributed by atoms with Crippen molar-refractivity contribution in [1.29, 1.82) is 0 Å². The third kappa shape index (κ3) is 28.2. The number of aromatic carboxylic acids is 1. The number of esters is 2. The van der Waals surface area contributed by atoms with E-state index in [2.05, 4.69) is 160 Å². The zero-order valence-electron chi connectivity index (χ0n) is 85.7. The second-order valence-corrected chi connectivity index (χ2v) is 38.8. The molecule has 0 radical (unpaired) electrons. The van der Waals surface area contributed by atoms with Crippen molar-refractivity contribution < 1.29 is 117 Å². The van der Waals surface area contributed by atoms with Crippen molar-refractivity contribution in [2.45, 2.75) is 224 Å². The molecule has 9 aliphatic heterocycles. The summed E-state index contributed by atoms with van der Waals surface area (Å²) in [5, 5.41) is 22.7. The number of hydrogen-bond donors (Lipinski definition) is 6. The molecular formula is C108H154ClN12NaO19. The predicted octanol–water partition coefficient (Wildman–Crippen LogP) is 13.2. The summed E-state index contributed by atoms with van der Waals surface area (Å²) >= 11 is 5.32. The molecule has 18 heterocycles. The Labute approximate surface area is 859 Å². The average molecular weight is 1980 g/mol. The first-order valence-corrected chi connectivity index (χ1v) is 50.1. The van der Waals surface area contributed by atoms with Gasteiger partial charge in [0.2, 0.25) is 5.91 Å². The zero-order chi connectivity index (χ0) is 98.7. The van der Waals surface area contributed by atoms with E-state index < -0.39 is 5.97 Å². The molecular weight excluding hydrogens is 1830 g/mol. The molecule has 7 N–H and O–H groups in total. The first-order chi connectivity index (χ1) is 66.4. The number of hydrogen-bond acceptors (Lipinski definition) is 23. The summed E-state index contributed by atoms with van der Waals surface area (Å²) in [6.45, 7) is 52.0. The predicted molar refractivity (Wildman–Crippen MR) is 545 cm³/mol. The Morgan fingerprint density at radius 2 is 0.823 bits per heavy atom. The van der Waals surface area contributed by atoms with Gasteiger partial charge >= 0.3 is 47.5 Å². The molecule has 33 heteroatoms. The van der Waals surface area contributed by atoms with Gasteiger partial charge in [0.15, 0.2) is 0 Å². The molecule has 0 saturated carbocycles. The molecule has 0 spiro atoms. The second-order valence-electron chi connectivity index (χ2n) is 38.5. The van der Waals surface area contributed by atoms with Gasteiger partial charge in [-0.05, 0) is 294 Å². The normalized spacial score (nSPS) is 19.7. The Kier molecular flexibility index (Phi) is 43.9. The Morgan fingerprint density at radius 1 is 0.475 bits per heavy atom. The van der Waals surface area contributed by atoms with Crippen molar-refractivity contribution in [3.05, 3.63) is 214 Å². The van der Waals surface area contributed by atoms with Crippen LogP contribution in [0, 0.1) is 53.4 Å². The van der Waals surface area contributed by atoms with Crippen LogP contribution in [-0.4, -0.2) is 272 Å². The van der Waals surface area contributed by atoms with Crippen LogP contribution in [0.3, 0.4) is 0 Å². The van der Waals surface area contributed by atoms with Gasteiger partial charge < -0.3 is 96.3 Å². The van der Waals surface area contributed by atoms with Crippen molar-refractivity contribution >= 4 is 69.1 Å². The number of rotatable bonds is 22. The minimum absolute atomic E-state index is 0. The van der Waals surface area contributed by atoms with E-state index in [-0.39, 0.29) is 120 Å². The fraction of sp³-hybridized carbons (Fsp3) is 0.574. The van der Waals surface area contributed by atoms with E-state index in [1.807, 2.05) is 99.6 Å². The average Bonchev–Trinajstić information content (AvgIpc) is 1.51. The largest absolute Gasteiger partial charge is 1.00 e. The Hall–Kier alpha value is -8.49. The van der Waals surface area contributed by atoms with Gasteiger partial charge in [-0.15, -0.1) is 0 Å². The quantitative estimate of drug-likeness (QED) is 0.0208. The molecule has 6 unspecified atom stereocenters. The number of nitrogens with one attached hydrogen (secondary N) is 4. The maximum absolute atomic E-state index is 13.6. The Bertz CT molecular complexity index is 5800. The van der Waals surface area contributed by atoms with Crippen LogP contribution in [-0.2, 0) is 58.7 Å². The van der Waals surface area contributed by atoms with Crippen LogP contribution in [0.4, 0.5) is 0 Å². The number of pyridine rings is 5. The van der Waals surface area contributed by atoms with Crippen molar-refractivity contribution in [1.82, 2.24) is 57.7 Å². The molecule has 2 amide bonds. The van der Waals surface area contributed by atoms with E-state index in [4.69, 9.17) is 64.3 Å². The maximum atomic E-state index is 13.6. The molecule has 768 valence electrons. The number of carbonyl (C=O) groups excluding carboxylic acids is 4. The number of allylic oxidation sites excluding steroid dienone is 2. The Balaban J connectivity index is 0.000000184. The standard InChI is InChI=1S/C29H40N4O4.C24H34N2O4.C24H32N2O4.C21H28N2O4.C8H11ClN2O.CH4O.CH4.Na.H2O/c1-18-13-19(2)31-29(35)26(18)16-30-28(34)25-15-24-14-23(22-5-9-36-10-6-22)17-33(24)27(20(25)3)21(4)32-7-11-37-12-8-32;2*1-16(2)30-24(27)22-14-21-13-20(19-5-9-28-10-6-19)15-26(21)23(17(22)3)18(4)25-7-11-29-12-8-25;1-14-19(21(24)25)12-18-11-17(16-3-7-26-8-4-16)13-23(18)20(14)15(2)22-5-9-27-10-6-22;1-5-3-6(2)11-8(12)7(5)4-10-9;1-2;;;/h13-15,17-18,21-22,26H,5-12,16H2,1-4H3,(H,30,34)(H,31,35);13-16,18-19H,5-12H2,1-4H3;5,13-16,18H,6-12H2,1-4H3;11-13,15-16H,3-10H2,1-2H3,(H,24,25);3,10H,4H2,1-2H3,(H,11,12);2H,1H3;1H4;;1H2/q;;;;;;;+1;/p-1. The van der Waals surface area contributed by atoms with Crippen LogP contribution < -0.4 is 50.6 Å². The van der Waals surface area contributed by atoms with E-state index in [1.54, 1.807) is 0 Å². The Morgan fingerprint density at radius 3 is 1.17 bits per heavy atom. The number of carboxylic acids is 1. The van der Waals surface area contributed by atoms with Crippen LogP contribution in [0.25, 0.3) is 27.6 Å². The third-order valence-electron chi connectivity index (χ3n) is 28.8. The minimum Gasteiger partial charge on any atom is -0.870 e. The summed E-state index contributed by atoms with van der Waals surface area (Å²) in [5.74, 6) is -0.262. The van der Waals surface area contributed by atoms with E-state index in [0.717, 1.165) is 282 Å². The fourth-order valence-corrected chi connectivity index (χ4v) is 21.3. The van der Waals surface area contributed by atoms with Crippen molar-refractivity contribution in [2.24, 2.45) is 11.8 Å². The molecule has 141 heavy (non-hydrogen) atoms. The number of aliphatic hydroxyl groups is 1. The SMILES string of the molecule is C.CC1=CC(C)C(CNC(=O)c2cc3cc(C4CCOCC4)cn3c(C(C)N3CCOCC3)c2C)C(=O)N1.CO.Cc1c(C(=O)O)cc2cc(C3CCOCC3)cn2c1C(C)N1CCOCC1.Cc1c(C(=O)OC(C)C)cc2cc(C3=CCOCC3)cn2c1C(C)N1CCOCC1.Cc1c(C(=O)OC(C)C)cc2cc(C3CCOCC3)cn2c1C(C)N1CCOCC1.Cc1cc(C)c(CNCl)c(=O)[nH]1.[Na+].[OH-]. The number of ether oxygens (including phenoxy) is 10. The number of amides is 2. The second kappa shape index (κ2) is 54.1. The molecule has 31 nitrogen and oxygen atoms in total. The monoisotopic (exact) mass is 1980 g/mol. The van der Waals surface area contributed by atoms with Gasteiger partial charge in [0, 0.05) is 229 Å². The first kappa shape index (κ1) is 114. The third-order valence-corrected chi connectivity index (χ3v) is 28.9. The summed E-state index contributed by atoms with van der Waals surface area (Å²) < 4.78 is 64.5. The molecule has 0 bridgehead atoms. The van der Waals surface area contributed by atoms with Gasteiger partial charge in [-0.1, -0.05) is 26.5 Å². The number of H-pyrrole nitrogens is 1. The molecule has 0 aromatic carbocycles. The number of morpholine rings is 4. The van der Waals surface area contributed by atoms with E-state index >= 15 is 0 Å². The van der Waals surface area contributed by atoms with E-state index in [0.29, 0.717) is 65.3 Å². The minimum atomic E-state index is -0.862. The van der Waals surface area contributed by atoms with Gasteiger partial charge in [0.05, 0.1) is 101 Å². The first-order valence-electron chi connectivity index (χ1n) is 49.7. The zero-order valence-corrected chi connectivity index (χ0v) is 88.4. The number of carbonyl (C=O) groups is 5. The fourth-order valence-electron chi connectivity index (χ4n) is 21.2. The number of carboxylic acid groups (broad SMARTS) is 1. The van der Waals surface area contributed by atoms with E-state index in [1.165, 1.54) is 33.5 Å². The molecule has 9 aromatic rings. The van der Waals surface area contributed by atoms with Crippen LogP contribution in [0.5, 0.6) is 0 Å². The summed E-state index contributed by atoms with van der Waals surface area (Å²) in [4.78, 5) is 89.9. The van der Waals surface area contributed by atoms with Crippen LogP contribution in [0.15, 0.2) is 102 Å². The summed E-state index contributed by atoms with van der Waals surface area (Å²) in [5.41, 5.74) is 24.6. The topological polar surface area (TPSA) is 348 Å². The molecule has 7 saturated heterocycles. The number of aromatic amines is 1. The van der Waals surface area contributed by atoms with Crippen LogP contribution in [0.1, 0.15) is 289 Å². The van der Waals surface area contributed by atoms with Crippen molar-refractivity contribution in [3.63, 3.8) is 0 Å². The summed E-state index contributed by atoms with van der Waals surface area (Å²) in [7, 11) is 1.00. The van der Waals surface area contributed by atoms with Crippen LogP contribution >= 0.6 is 11.8 Å². The molecule has 6 atom stereocenters. The van der Waals surface area contributed by atoms with E-state index in [9.17, 15) is 33.9 Å². The molecule has 18 rings (SSSR count). The van der Waals surface area contributed by atoms with Gasteiger partial charge in [-0.2, -0.15) is 0 Å². The smallest absolute Gasteiger partial charge is 0.870 e. The van der Waals surface area contributed by atoms with Gasteiger partial charge in [0.1, 0.15) is 0 Å². The molecule has 7 fully saturated rings. The van der Waals surface area contributed by atoms with Gasteiger partial charge in [0.25, 0.3) is 11.5 Å². The number of fused-ring (bicyclic) bond motifs is 4. The molecule has 0 aliphatic carbocycles. The van der Waals surface area contributed by atoms with Crippen molar-refractivity contribution in [3.8, 4) is 0 Å². The van der Waals surface area contributed by atoms with Gasteiger partial charge in [-0.25, -0.2) is 19.2 Å². The number of aryl methyl sites for hydroxylation is 2. The van der Waals surface area contributed by atoms with Gasteiger partial charge in [-0.3, -0.25) is 34.0 Å². The molecule has 9 aliphatic rings. The number of aliphatic hydroxyl groups excluding tert-OH is 1. The van der Waals surface area contributed by atoms with Crippen molar-refractivity contribution in [2.75, 3.05) is 172 Å². The molecule has 9 aromatic heterocycles. The maximum Gasteiger partial charge on any atom is 1.00 e. The number of aromatic nitrogens is 5. The number of halogens is 1. The number of nitrogens with zero attached hydrogens (tertiary/aromatic N) is 8. The summed E-state index contributed by atoms with van der Waals surface area (Å²) in [6.07, 6.45) is 20.0. The summed E-state index contributed by atoms with van der Waals surface area (Å²) in [6, 6.07) is 19.1.